The van der Waals surface area contributed by atoms with Crippen LogP contribution >= 0.6 is 0 Å². The van der Waals surface area contributed by atoms with Gasteiger partial charge in [0.15, 0.2) is 6.10 Å². The van der Waals surface area contributed by atoms with Crippen molar-refractivity contribution in [3.63, 3.8) is 0 Å². The van der Waals surface area contributed by atoms with Crippen molar-refractivity contribution in [2.24, 2.45) is 0 Å². The van der Waals surface area contributed by atoms with E-state index in [4.69, 9.17) is 14.2 Å². The number of rotatable bonds is 67. The van der Waals surface area contributed by atoms with E-state index in [-0.39, 0.29) is 31.1 Å². The number of esters is 3. The quantitative estimate of drug-likeness (QED) is 0.0261. The number of hydrogen-bond donors (Lipinski definition) is 0. The Morgan fingerprint density at radius 1 is 0.253 bits per heavy atom. The Hall–Kier alpha value is -3.15. The zero-order chi connectivity index (χ0) is 59.9. The van der Waals surface area contributed by atoms with Crippen molar-refractivity contribution in [2.75, 3.05) is 13.2 Å². The molecule has 0 saturated carbocycles. The van der Waals surface area contributed by atoms with Crippen molar-refractivity contribution >= 4 is 17.9 Å². The monoisotopic (exact) mass is 1160 g/mol. The zero-order valence-electron chi connectivity index (χ0n) is 55.5. The molecular formula is C77H138O6. The predicted octanol–water partition coefficient (Wildman–Crippen LogP) is 25.2. The van der Waals surface area contributed by atoms with Gasteiger partial charge in [0.25, 0.3) is 0 Å². The molecule has 482 valence electrons. The molecule has 6 heteroatoms. The SMILES string of the molecule is CC/C=C\C/C=C\C/C=C\C/C=C\CCCCCCCCCCCCCCCCCCCCCCC(=O)OCC(COC(=O)CCCCCCCCC)OC(=O)CCCCCCCCCCCCCCC/C=C\C/C=C\CCCCCCC. The summed E-state index contributed by atoms with van der Waals surface area (Å²) < 4.78 is 16.9. The normalized spacial score (nSPS) is 12.5. The summed E-state index contributed by atoms with van der Waals surface area (Å²) in [4.78, 5) is 38.2. The van der Waals surface area contributed by atoms with E-state index in [1.54, 1.807) is 0 Å². The molecule has 0 radical (unpaired) electrons. The third kappa shape index (κ3) is 69.5. The number of unbranched alkanes of at least 4 members (excludes halogenated alkanes) is 44. The molecule has 1 unspecified atom stereocenters. The summed E-state index contributed by atoms with van der Waals surface area (Å²) in [5, 5.41) is 0. The highest BCUT2D eigenvalue weighted by Crippen LogP contribution is 2.18. The van der Waals surface area contributed by atoms with Crippen molar-refractivity contribution < 1.29 is 28.6 Å². The average molecular weight is 1160 g/mol. The molecule has 0 aliphatic rings. The lowest BCUT2D eigenvalue weighted by Crippen LogP contribution is -2.30. The van der Waals surface area contributed by atoms with E-state index in [1.807, 2.05) is 0 Å². The van der Waals surface area contributed by atoms with E-state index >= 15 is 0 Å². The van der Waals surface area contributed by atoms with Gasteiger partial charge < -0.3 is 14.2 Å². The van der Waals surface area contributed by atoms with Crippen LogP contribution in [-0.2, 0) is 28.6 Å². The van der Waals surface area contributed by atoms with Gasteiger partial charge in [0, 0.05) is 19.3 Å². The molecule has 0 amide bonds. The molecule has 0 fully saturated rings. The minimum Gasteiger partial charge on any atom is -0.462 e. The molecule has 0 heterocycles. The van der Waals surface area contributed by atoms with Crippen molar-refractivity contribution in [1.82, 2.24) is 0 Å². The minimum atomic E-state index is -0.771. The average Bonchev–Trinajstić information content (AvgIpc) is 3.50. The standard InChI is InChI=1S/C77H138O6/c1-4-7-10-13-16-18-20-22-24-26-28-30-32-34-35-36-37-38-39-40-41-43-44-46-48-50-52-54-56-58-61-64-67-70-76(79)82-73-74(72-81-75(78)69-66-63-60-15-12-9-6-3)83-77(80)71-68-65-62-59-57-55-53-51-49-47-45-42-33-31-29-27-25-23-21-19-17-14-11-8-5-2/h7,10,16,18,21-24,27-30,74H,4-6,8-9,11-15,17,19-20,25-26,31-73H2,1-3H3/b10-7-,18-16-,23-21-,24-22-,29-27-,30-28-. The third-order valence-corrected chi connectivity index (χ3v) is 16.2. The van der Waals surface area contributed by atoms with Crippen LogP contribution < -0.4 is 0 Å². The second kappa shape index (κ2) is 71.3. The summed E-state index contributed by atoms with van der Waals surface area (Å²) in [5.74, 6) is -0.854. The van der Waals surface area contributed by atoms with Crippen LogP contribution in [0.4, 0.5) is 0 Å². The number of carbonyl (C=O) groups is 3. The van der Waals surface area contributed by atoms with Gasteiger partial charge in [-0.15, -0.1) is 0 Å². The van der Waals surface area contributed by atoms with Crippen LogP contribution in [0.1, 0.15) is 380 Å². The first-order valence-corrected chi connectivity index (χ1v) is 36.4. The van der Waals surface area contributed by atoms with Crippen LogP contribution in [-0.4, -0.2) is 37.2 Å². The highest BCUT2D eigenvalue weighted by Gasteiger charge is 2.19. The fraction of sp³-hybridized carbons (Fsp3) is 0.805. The number of allylic oxidation sites excluding steroid dienone is 12. The Bertz CT molecular complexity index is 1520. The smallest absolute Gasteiger partial charge is 0.306 e. The Morgan fingerprint density at radius 3 is 0.735 bits per heavy atom. The molecule has 6 nitrogen and oxygen atoms in total. The summed E-state index contributed by atoms with van der Waals surface area (Å²) in [7, 11) is 0. The molecule has 83 heavy (non-hydrogen) atoms. The summed E-state index contributed by atoms with van der Waals surface area (Å²) in [5.41, 5.74) is 0. The van der Waals surface area contributed by atoms with Gasteiger partial charge in [-0.1, -0.05) is 344 Å². The van der Waals surface area contributed by atoms with Crippen LogP contribution in [0.25, 0.3) is 0 Å². The largest absolute Gasteiger partial charge is 0.462 e. The molecule has 0 rings (SSSR count). The molecule has 0 saturated heterocycles. The lowest BCUT2D eigenvalue weighted by Gasteiger charge is -2.18. The highest BCUT2D eigenvalue weighted by molar-refractivity contribution is 5.71. The van der Waals surface area contributed by atoms with Gasteiger partial charge >= 0.3 is 17.9 Å². The van der Waals surface area contributed by atoms with Crippen LogP contribution in [0.15, 0.2) is 72.9 Å². The second-order valence-electron chi connectivity index (χ2n) is 24.5. The number of carbonyl (C=O) groups excluding carboxylic acids is 3. The Labute approximate surface area is 516 Å². The summed E-state index contributed by atoms with van der Waals surface area (Å²) in [6.07, 6.45) is 94.0. The van der Waals surface area contributed by atoms with Gasteiger partial charge in [0.05, 0.1) is 0 Å². The minimum absolute atomic E-state index is 0.0696. The van der Waals surface area contributed by atoms with E-state index in [1.165, 1.54) is 250 Å². The summed E-state index contributed by atoms with van der Waals surface area (Å²) in [6, 6.07) is 0. The van der Waals surface area contributed by atoms with Crippen LogP contribution in [0.2, 0.25) is 0 Å². The van der Waals surface area contributed by atoms with Gasteiger partial charge in [-0.3, -0.25) is 14.4 Å². The fourth-order valence-electron chi connectivity index (χ4n) is 10.8. The van der Waals surface area contributed by atoms with Crippen molar-refractivity contribution in [3.8, 4) is 0 Å². The molecule has 0 aliphatic heterocycles. The number of ether oxygens (including phenoxy) is 3. The van der Waals surface area contributed by atoms with Gasteiger partial charge in [0.1, 0.15) is 13.2 Å². The Morgan fingerprint density at radius 2 is 0.470 bits per heavy atom. The number of hydrogen-bond acceptors (Lipinski definition) is 6. The van der Waals surface area contributed by atoms with E-state index in [2.05, 4.69) is 93.7 Å². The van der Waals surface area contributed by atoms with Gasteiger partial charge in [-0.05, 0) is 89.9 Å². The van der Waals surface area contributed by atoms with Crippen LogP contribution in [0.3, 0.4) is 0 Å². The first kappa shape index (κ1) is 79.8. The molecular weight excluding hydrogens is 1020 g/mol. The third-order valence-electron chi connectivity index (χ3n) is 16.2. The first-order valence-electron chi connectivity index (χ1n) is 36.4. The van der Waals surface area contributed by atoms with Gasteiger partial charge in [-0.25, -0.2) is 0 Å². The maximum atomic E-state index is 12.9. The highest BCUT2D eigenvalue weighted by atomic mass is 16.6. The van der Waals surface area contributed by atoms with Gasteiger partial charge in [-0.2, -0.15) is 0 Å². The Balaban J connectivity index is 4.00. The van der Waals surface area contributed by atoms with E-state index in [0.29, 0.717) is 19.3 Å². The molecule has 0 bridgehead atoms. The topological polar surface area (TPSA) is 78.9 Å². The van der Waals surface area contributed by atoms with Crippen molar-refractivity contribution in [2.45, 2.75) is 386 Å². The van der Waals surface area contributed by atoms with E-state index in [0.717, 1.165) is 89.9 Å². The fourth-order valence-corrected chi connectivity index (χ4v) is 10.8. The Kier molecular flexibility index (Phi) is 68.6. The lowest BCUT2D eigenvalue weighted by molar-refractivity contribution is -0.167. The summed E-state index contributed by atoms with van der Waals surface area (Å²) >= 11 is 0. The van der Waals surface area contributed by atoms with Gasteiger partial charge in [0.2, 0.25) is 0 Å². The van der Waals surface area contributed by atoms with E-state index in [9.17, 15) is 14.4 Å². The maximum Gasteiger partial charge on any atom is 0.306 e. The molecule has 0 aromatic rings. The molecule has 0 N–H and O–H groups in total. The molecule has 0 spiro atoms. The van der Waals surface area contributed by atoms with Crippen molar-refractivity contribution in [3.05, 3.63) is 72.9 Å². The van der Waals surface area contributed by atoms with E-state index < -0.39 is 6.10 Å². The van der Waals surface area contributed by atoms with Crippen LogP contribution in [0.5, 0.6) is 0 Å². The van der Waals surface area contributed by atoms with Crippen LogP contribution in [0, 0.1) is 0 Å². The molecule has 0 aliphatic carbocycles. The maximum absolute atomic E-state index is 12.9. The zero-order valence-corrected chi connectivity index (χ0v) is 55.5. The molecule has 0 aromatic carbocycles. The summed E-state index contributed by atoms with van der Waals surface area (Å²) in [6.45, 7) is 6.53. The molecule has 1 atom stereocenters. The lowest BCUT2D eigenvalue weighted by atomic mass is 10.0. The van der Waals surface area contributed by atoms with Crippen molar-refractivity contribution in [1.29, 1.82) is 0 Å². The molecule has 0 aromatic heterocycles. The first-order chi connectivity index (χ1) is 41.0. The predicted molar refractivity (Wildman–Crippen MR) is 362 cm³/mol. The second-order valence-corrected chi connectivity index (χ2v) is 24.5.